The van der Waals surface area contributed by atoms with E-state index in [1.165, 1.54) is 0 Å². The van der Waals surface area contributed by atoms with E-state index in [2.05, 4.69) is 31.0 Å². The van der Waals surface area contributed by atoms with E-state index >= 15 is 0 Å². The van der Waals surface area contributed by atoms with Crippen LogP contribution in [-0.4, -0.2) is 44.0 Å². The first-order chi connectivity index (χ1) is 15.5. The smallest absolute Gasteiger partial charge is 0.227 e. The van der Waals surface area contributed by atoms with Gasteiger partial charge in [-0.2, -0.15) is 10.4 Å². The Kier molecular flexibility index (Phi) is 6.97. The molecule has 1 saturated heterocycles. The molecule has 4 N–H and O–H groups in total. The average molecular weight is 453 g/mol. The zero-order valence-electron chi connectivity index (χ0n) is 17.7. The van der Waals surface area contributed by atoms with Crippen molar-refractivity contribution in [1.82, 2.24) is 30.4 Å². The van der Waals surface area contributed by atoms with Crippen LogP contribution in [0.15, 0.2) is 42.9 Å². The standard InChI is InChI=1S/C22H25ClN8O/c1-14(10-24)28-21(32)16-4-2-15(3-5-16)20-19(23)12-26-22(30-20)29-17-11-27-31(13-17)18-6-8-25-9-7-18/h2-5,11-14,18,21,25,28,32H,6-9H2,1H3,(H,26,29,30)/t14-,21?/m0/s1. The van der Waals surface area contributed by atoms with Crippen molar-refractivity contribution in [3.8, 4) is 17.3 Å². The quantitative estimate of drug-likeness (QED) is 0.403. The van der Waals surface area contributed by atoms with E-state index in [4.69, 9.17) is 16.9 Å². The number of halogens is 1. The van der Waals surface area contributed by atoms with Gasteiger partial charge in [-0.25, -0.2) is 9.97 Å². The van der Waals surface area contributed by atoms with E-state index in [9.17, 15) is 5.11 Å². The minimum atomic E-state index is -0.937. The number of aliphatic hydroxyl groups is 1. The predicted octanol–water partition coefficient (Wildman–Crippen LogP) is 3.15. The van der Waals surface area contributed by atoms with Crippen molar-refractivity contribution < 1.29 is 5.11 Å². The number of aliphatic hydroxyl groups excluding tert-OH is 1. The van der Waals surface area contributed by atoms with Gasteiger partial charge in [0.25, 0.3) is 0 Å². The van der Waals surface area contributed by atoms with E-state index in [1.54, 1.807) is 31.5 Å². The zero-order valence-corrected chi connectivity index (χ0v) is 18.4. The highest BCUT2D eigenvalue weighted by atomic mass is 35.5. The van der Waals surface area contributed by atoms with Gasteiger partial charge in [0.1, 0.15) is 6.23 Å². The second-order valence-corrected chi connectivity index (χ2v) is 8.15. The van der Waals surface area contributed by atoms with Crippen LogP contribution < -0.4 is 16.0 Å². The number of hydrogen-bond acceptors (Lipinski definition) is 8. The number of hydrogen-bond donors (Lipinski definition) is 4. The van der Waals surface area contributed by atoms with Crippen LogP contribution in [0.25, 0.3) is 11.3 Å². The van der Waals surface area contributed by atoms with Gasteiger partial charge in [-0.15, -0.1) is 0 Å². The summed E-state index contributed by atoms with van der Waals surface area (Å²) in [6, 6.07) is 9.15. The Bertz CT molecular complexity index is 1090. The number of nitriles is 1. The molecule has 0 radical (unpaired) electrons. The molecular weight excluding hydrogens is 428 g/mol. The molecule has 1 aliphatic rings. The van der Waals surface area contributed by atoms with Gasteiger partial charge < -0.3 is 15.7 Å². The van der Waals surface area contributed by atoms with Crippen molar-refractivity contribution in [2.24, 2.45) is 0 Å². The Balaban J connectivity index is 1.48. The lowest BCUT2D eigenvalue weighted by molar-refractivity contribution is 0.133. The fourth-order valence-electron chi connectivity index (χ4n) is 3.63. The van der Waals surface area contributed by atoms with Crippen LogP contribution in [0.3, 0.4) is 0 Å². The van der Waals surface area contributed by atoms with Crippen LogP contribution in [0, 0.1) is 11.3 Å². The number of nitrogens with zero attached hydrogens (tertiary/aromatic N) is 5. The zero-order chi connectivity index (χ0) is 22.5. The molecule has 3 aromatic rings. The minimum Gasteiger partial charge on any atom is -0.374 e. The van der Waals surface area contributed by atoms with E-state index < -0.39 is 12.3 Å². The number of nitrogens with one attached hydrogen (secondary N) is 3. The molecule has 4 rings (SSSR count). The predicted molar refractivity (Wildman–Crippen MR) is 122 cm³/mol. The van der Waals surface area contributed by atoms with Gasteiger partial charge >= 0.3 is 0 Å². The average Bonchev–Trinajstić information content (AvgIpc) is 3.29. The molecule has 9 nitrogen and oxygen atoms in total. The van der Waals surface area contributed by atoms with Crippen molar-refractivity contribution >= 4 is 23.2 Å². The van der Waals surface area contributed by atoms with E-state index in [1.807, 2.05) is 29.1 Å². The number of benzene rings is 1. The van der Waals surface area contributed by atoms with Crippen LogP contribution >= 0.6 is 11.6 Å². The molecule has 32 heavy (non-hydrogen) atoms. The molecular formula is C22H25ClN8O. The molecule has 166 valence electrons. The van der Waals surface area contributed by atoms with Gasteiger partial charge in [-0.3, -0.25) is 10.00 Å². The van der Waals surface area contributed by atoms with Gasteiger partial charge in [0.2, 0.25) is 5.95 Å². The van der Waals surface area contributed by atoms with Crippen LogP contribution in [0.1, 0.15) is 37.6 Å². The normalized spacial score (nSPS) is 16.3. The van der Waals surface area contributed by atoms with Crippen LogP contribution in [0.4, 0.5) is 11.6 Å². The van der Waals surface area contributed by atoms with Gasteiger partial charge in [-0.05, 0) is 38.4 Å². The maximum atomic E-state index is 10.2. The molecule has 10 heteroatoms. The molecule has 0 spiro atoms. The second kappa shape index (κ2) is 10.1. The summed E-state index contributed by atoms with van der Waals surface area (Å²) >= 11 is 6.36. The Morgan fingerprint density at radius 1 is 1.25 bits per heavy atom. The monoisotopic (exact) mass is 452 g/mol. The van der Waals surface area contributed by atoms with Crippen molar-refractivity contribution in [2.45, 2.75) is 38.1 Å². The molecule has 2 aromatic heterocycles. The Hall–Kier alpha value is -3.03. The van der Waals surface area contributed by atoms with Gasteiger partial charge in [0.05, 0.1) is 47.0 Å². The fourth-order valence-corrected chi connectivity index (χ4v) is 3.83. The molecule has 1 unspecified atom stereocenters. The van der Waals surface area contributed by atoms with E-state index in [0.717, 1.165) is 37.2 Å². The van der Waals surface area contributed by atoms with Gasteiger partial charge in [-0.1, -0.05) is 35.9 Å². The first-order valence-corrected chi connectivity index (χ1v) is 10.9. The Morgan fingerprint density at radius 2 is 2.00 bits per heavy atom. The highest BCUT2D eigenvalue weighted by molar-refractivity contribution is 6.32. The van der Waals surface area contributed by atoms with Gasteiger partial charge in [0.15, 0.2) is 0 Å². The number of piperidine rings is 1. The van der Waals surface area contributed by atoms with Crippen LogP contribution in [0.2, 0.25) is 5.02 Å². The number of anilines is 2. The molecule has 0 bridgehead atoms. The summed E-state index contributed by atoms with van der Waals surface area (Å²) in [5.41, 5.74) is 2.82. The summed E-state index contributed by atoms with van der Waals surface area (Å²) < 4.78 is 1.99. The summed E-state index contributed by atoms with van der Waals surface area (Å²) in [5, 5.41) is 33.4. The van der Waals surface area contributed by atoms with E-state index in [0.29, 0.717) is 28.3 Å². The summed E-state index contributed by atoms with van der Waals surface area (Å²) in [7, 11) is 0. The van der Waals surface area contributed by atoms with Crippen molar-refractivity contribution in [2.75, 3.05) is 18.4 Å². The highest BCUT2D eigenvalue weighted by Gasteiger charge is 2.16. The lowest BCUT2D eigenvalue weighted by atomic mass is 10.1. The lowest BCUT2D eigenvalue weighted by Gasteiger charge is -2.22. The number of rotatable bonds is 7. The van der Waals surface area contributed by atoms with E-state index in [-0.39, 0.29) is 0 Å². The summed E-state index contributed by atoms with van der Waals surface area (Å²) in [5.74, 6) is 0.419. The largest absolute Gasteiger partial charge is 0.374 e. The third-order valence-electron chi connectivity index (χ3n) is 5.39. The summed E-state index contributed by atoms with van der Waals surface area (Å²) in [4.78, 5) is 8.86. The third-order valence-corrected chi connectivity index (χ3v) is 5.66. The Labute approximate surface area is 191 Å². The van der Waals surface area contributed by atoms with Crippen LogP contribution in [-0.2, 0) is 0 Å². The first kappa shape index (κ1) is 22.2. The maximum absolute atomic E-state index is 10.2. The van der Waals surface area contributed by atoms with Gasteiger partial charge in [0, 0.05) is 11.8 Å². The molecule has 0 saturated carbocycles. The second-order valence-electron chi connectivity index (χ2n) is 7.75. The van der Waals surface area contributed by atoms with Crippen molar-refractivity contribution in [1.29, 1.82) is 5.26 Å². The topological polar surface area (TPSA) is 124 Å². The maximum Gasteiger partial charge on any atom is 0.227 e. The first-order valence-electron chi connectivity index (χ1n) is 10.5. The molecule has 2 atom stereocenters. The molecule has 1 aliphatic heterocycles. The SMILES string of the molecule is C[C@@H](C#N)NC(O)c1ccc(-c2nc(Nc3cnn(C4CCNCC4)c3)ncc2Cl)cc1. The van der Waals surface area contributed by atoms with Crippen molar-refractivity contribution in [3.63, 3.8) is 0 Å². The fraction of sp³-hybridized carbons (Fsp3) is 0.364. The third kappa shape index (κ3) is 5.23. The summed E-state index contributed by atoms with van der Waals surface area (Å²) in [6.45, 7) is 3.68. The number of aromatic nitrogens is 4. The summed E-state index contributed by atoms with van der Waals surface area (Å²) in [6.07, 6.45) is 6.47. The lowest BCUT2D eigenvalue weighted by Crippen LogP contribution is -2.29. The van der Waals surface area contributed by atoms with Crippen molar-refractivity contribution in [3.05, 3.63) is 53.4 Å². The molecule has 1 fully saturated rings. The molecule has 1 aromatic carbocycles. The Morgan fingerprint density at radius 3 is 2.72 bits per heavy atom. The molecule has 0 aliphatic carbocycles. The van der Waals surface area contributed by atoms with Crippen LogP contribution in [0.5, 0.6) is 0 Å². The molecule has 0 amide bonds. The highest BCUT2D eigenvalue weighted by Crippen LogP contribution is 2.28. The molecule has 3 heterocycles. The minimum absolute atomic E-state index is 0.396.